The summed E-state index contributed by atoms with van der Waals surface area (Å²) in [5.41, 5.74) is 0.554. The van der Waals surface area contributed by atoms with E-state index in [9.17, 15) is 14.4 Å². The van der Waals surface area contributed by atoms with Crippen molar-refractivity contribution >= 4 is 37.0 Å². The molecule has 0 aromatic heterocycles. The molecule has 37 heavy (non-hydrogen) atoms. The number of benzene rings is 1. The number of carbonyl (C=O) groups is 3. The van der Waals surface area contributed by atoms with Crippen molar-refractivity contribution in [1.82, 2.24) is 10.2 Å². The average molecular weight is 549 g/mol. The van der Waals surface area contributed by atoms with Gasteiger partial charge in [0, 0.05) is 23.9 Å². The third kappa shape index (κ3) is 7.93. The molecule has 1 aliphatic rings. The van der Waals surface area contributed by atoms with Crippen LogP contribution >= 0.6 is 11.8 Å². The minimum atomic E-state index is -2.06. The Hall–Kier alpha value is -1.64. The number of rotatable bonds is 11. The van der Waals surface area contributed by atoms with Crippen molar-refractivity contribution in [3.05, 3.63) is 29.8 Å². The SMILES string of the molecule is CC(C)CN(CC(C)C)C(=O)c1ccccc1SC(=O)[C@@H](C)[C@H]1NC(=O)[C@@H]1[C@@H](C)O[Si](C)(C)C(C)(C)C. The van der Waals surface area contributed by atoms with Crippen LogP contribution in [0.4, 0.5) is 0 Å². The number of nitrogens with zero attached hydrogens (tertiary/aromatic N) is 1. The molecule has 2 rings (SSSR count). The maximum Gasteiger partial charge on any atom is 0.255 e. The molecule has 0 spiro atoms. The molecule has 0 radical (unpaired) electrons. The summed E-state index contributed by atoms with van der Waals surface area (Å²) < 4.78 is 6.50. The predicted octanol–water partition coefficient (Wildman–Crippen LogP) is 6.22. The van der Waals surface area contributed by atoms with Crippen LogP contribution in [0.25, 0.3) is 0 Å². The molecular formula is C29H48N2O4SSi. The van der Waals surface area contributed by atoms with E-state index in [-0.39, 0.29) is 40.0 Å². The molecule has 208 valence electrons. The lowest BCUT2D eigenvalue weighted by atomic mass is 9.79. The highest BCUT2D eigenvalue weighted by molar-refractivity contribution is 8.13. The highest BCUT2D eigenvalue weighted by Crippen LogP contribution is 2.40. The third-order valence-electron chi connectivity index (χ3n) is 7.49. The predicted molar refractivity (Wildman–Crippen MR) is 155 cm³/mol. The van der Waals surface area contributed by atoms with Crippen LogP contribution in [0.1, 0.15) is 72.7 Å². The van der Waals surface area contributed by atoms with Gasteiger partial charge < -0.3 is 14.6 Å². The molecule has 0 unspecified atom stereocenters. The fraction of sp³-hybridized carbons (Fsp3) is 0.690. The lowest BCUT2D eigenvalue weighted by Gasteiger charge is -2.46. The van der Waals surface area contributed by atoms with Crippen molar-refractivity contribution in [3.8, 4) is 0 Å². The summed E-state index contributed by atoms with van der Waals surface area (Å²) in [6.45, 7) is 24.4. The van der Waals surface area contributed by atoms with Crippen molar-refractivity contribution < 1.29 is 18.8 Å². The van der Waals surface area contributed by atoms with Gasteiger partial charge in [0.2, 0.25) is 5.91 Å². The number of carbonyl (C=O) groups excluding carboxylic acids is 3. The smallest absolute Gasteiger partial charge is 0.255 e. The summed E-state index contributed by atoms with van der Waals surface area (Å²) in [6.07, 6.45) is -0.269. The second-order valence-corrected chi connectivity index (χ2v) is 18.6. The van der Waals surface area contributed by atoms with Crippen molar-refractivity contribution in [2.75, 3.05) is 13.1 Å². The van der Waals surface area contributed by atoms with E-state index in [1.807, 2.05) is 36.9 Å². The van der Waals surface area contributed by atoms with Gasteiger partial charge in [-0.25, -0.2) is 0 Å². The highest BCUT2D eigenvalue weighted by atomic mass is 32.2. The van der Waals surface area contributed by atoms with Crippen molar-refractivity contribution in [2.45, 2.75) is 97.5 Å². The number of amides is 2. The molecule has 1 heterocycles. The summed E-state index contributed by atoms with van der Waals surface area (Å²) in [6, 6.07) is 7.06. The van der Waals surface area contributed by atoms with Crippen LogP contribution in [0.15, 0.2) is 29.2 Å². The van der Waals surface area contributed by atoms with Crippen LogP contribution in [0.5, 0.6) is 0 Å². The number of nitrogens with one attached hydrogen (secondary N) is 1. The Bertz CT molecular complexity index is 963. The first kappa shape index (κ1) is 31.6. The second kappa shape index (κ2) is 12.5. The van der Waals surface area contributed by atoms with Crippen LogP contribution in [0.3, 0.4) is 0 Å². The van der Waals surface area contributed by atoms with Gasteiger partial charge >= 0.3 is 0 Å². The molecule has 1 aromatic carbocycles. The van der Waals surface area contributed by atoms with Crippen LogP contribution < -0.4 is 5.32 Å². The zero-order valence-electron chi connectivity index (χ0n) is 24.7. The fourth-order valence-corrected chi connectivity index (χ4v) is 6.84. The van der Waals surface area contributed by atoms with Crippen molar-refractivity contribution in [1.29, 1.82) is 0 Å². The van der Waals surface area contributed by atoms with Gasteiger partial charge in [0.15, 0.2) is 13.4 Å². The zero-order valence-corrected chi connectivity index (χ0v) is 26.5. The number of hydrogen-bond acceptors (Lipinski definition) is 5. The Kier molecular flexibility index (Phi) is 10.6. The summed E-state index contributed by atoms with van der Waals surface area (Å²) in [5.74, 6) is -0.189. The van der Waals surface area contributed by atoms with Gasteiger partial charge in [-0.2, -0.15) is 0 Å². The molecule has 2 amide bonds. The lowest BCUT2D eigenvalue weighted by molar-refractivity contribution is -0.143. The Morgan fingerprint density at radius 3 is 2.05 bits per heavy atom. The molecule has 6 nitrogen and oxygen atoms in total. The van der Waals surface area contributed by atoms with Gasteiger partial charge in [-0.1, -0.05) is 79.3 Å². The quantitative estimate of drug-likeness (QED) is 0.202. The maximum absolute atomic E-state index is 13.5. The van der Waals surface area contributed by atoms with Crippen LogP contribution in [-0.4, -0.2) is 55.4 Å². The van der Waals surface area contributed by atoms with E-state index in [0.717, 1.165) is 11.8 Å². The van der Waals surface area contributed by atoms with E-state index in [4.69, 9.17) is 4.43 Å². The lowest BCUT2D eigenvalue weighted by Crippen LogP contribution is -2.66. The largest absolute Gasteiger partial charge is 0.413 e. The molecule has 8 heteroatoms. The molecule has 1 aliphatic heterocycles. The molecule has 0 bridgehead atoms. The van der Waals surface area contributed by atoms with Crippen LogP contribution in [0.2, 0.25) is 18.1 Å². The minimum Gasteiger partial charge on any atom is -0.413 e. The highest BCUT2D eigenvalue weighted by Gasteiger charge is 2.50. The van der Waals surface area contributed by atoms with E-state index in [0.29, 0.717) is 35.4 Å². The third-order valence-corrected chi connectivity index (χ3v) is 13.2. The van der Waals surface area contributed by atoms with E-state index in [2.05, 4.69) is 66.9 Å². The Morgan fingerprint density at radius 1 is 1.03 bits per heavy atom. The zero-order chi connectivity index (χ0) is 28.3. The standard InChI is InChI=1S/C29H48N2O4SSi/c1-18(2)16-31(17-19(3)4)27(33)22-14-12-13-15-23(22)36-28(34)20(5)25-24(26(32)30-25)21(6)35-37(10,11)29(7,8)9/h12-15,18-21,24-25H,16-17H2,1-11H3,(H,30,32)/t20-,21+,24+,25+/m0/s1. The number of β-lactam (4-membered cyclic amide) rings is 1. The molecule has 1 saturated heterocycles. The first-order chi connectivity index (χ1) is 17.0. The molecule has 0 saturated carbocycles. The number of thioether (sulfide) groups is 1. The Balaban J connectivity index is 2.18. The average Bonchev–Trinajstić information content (AvgIpc) is 2.74. The summed E-state index contributed by atoms with van der Waals surface area (Å²) in [5, 5.41) is 2.92. The number of hydrogen-bond donors (Lipinski definition) is 1. The topological polar surface area (TPSA) is 75.7 Å². The van der Waals surface area contributed by atoms with Crippen LogP contribution in [0, 0.1) is 23.7 Å². The summed E-state index contributed by atoms with van der Waals surface area (Å²) >= 11 is 1.10. The Labute approximate surface area is 229 Å². The maximum atomic E-state index is 13.5. The van der Waals surface area contributed by atoms with Gasteiger partial charge in [-0.3, -0.25) is 14.4 Å². The fourth-order valence-electron chi connectivity index (χ4n) is 4.45. The first-order valence-corrected chi connectivity index (χ1v) is 17.3. The first-order valence-electron chi connectivity index (χ1n) is 13.5. The monoisotopic (exact) mass is 548 g/mol. The van der Waals surface area contributed by atoms with E-state index in [1.165, 1.54) is 0 Å². The molecule has 0 aliphatic carbocycles. The van der Waals surface area contributed by atoms with E-state index < -0.39 is 14.2 Å². The van der Waals surface area contributed by atoms with Gasteiger partial charge in [-0.15, -0.1) is 0 Å². The van der Waals surface area contributed by atoms with Gasteiger partial charge in [0.05, 0.1) is 23.6 Å². The minimum absolute atomic E-state index is 0.0313. The summed E-state index contributed by atoms with van der Waals surface area (Å²) in [7, 11) is -2.06. The molecular weight excluding hydrogens is 500 g/mol. The molecule has 1 aromatic rings. The van der Waals surface area contributed by atoms with Gasteiger partial charge in [0.25, 0.3) is 5.91 Å². The molecule has 4 atom stereocenters. The molecule has 1 fully saturated rings. The molecule has 1 N–H and O–H groups in total. The Morgan fingerprint density at radius 2 is 1.57 bits per heavy atom. The van der Waals surface area contributed by atoms with Crippen molar-refractivity contribution in [3.63, 3.8) is 0 Å². The summed E-state index contributed by atoms with van der Waals surface area (Å²) in [4.78, 5) is 42.0. The van der Waals surface area contributed by atoms with E-state index in [1.54, 1.807) is 6.07 Å². The second-order valence-electron chi connectivity index (χ2n) is 12.8. The van der Waals surface area contributed by atoms with Gasteiger partial charge in [-0.05, 0) is 49.0 Å². The van der Waals surface area contributed by atoms with Gasteiger partial charge in [0.1, 0.15) is 0 Å². The van der Waals surface area contributed by atoms with Crippen LogP contribution in [-0.2, 0) is 14.0 Å². The van der Waals surface area contributed by atoms with Crippen molar-refractivity contribution in [2.24, 2.45) is 23.7 Å². The normalized spacial score (nSPS) is 19.9. The van der Waals surface area contributed by atoms with E-state index >= 15 is 0 Å².